The van der Waals surface area contributed by atoms with Gasteiger partial charge in [0, 0.05) is 18.9 Å². The van der Waals surface area contributed by atoms with Crippen LogP contribution in [0.25, 0.3) is 0 Å². The molecule has 0 spiro atoms. The van der Waals surface area contributed by atoms with Crippen LogP contribution in [0.1, 0.15) is 32.1 Å². The molecule has 0 radical (unpaired) electrons. The maximum atomic E-state index is 11.7. The molecule has 2 amide bonds. The Labute approximate surface area is 99.6 Å². The largest absolute Gasteiger partial charge is 0.481 e. The minimum Gasteiger partial charge on any atom is -0.481 e. The van der Waals surface area contributed by atoms with Gasteiger partial charge in [-0.15, -0.1) is 0 Å². The van der Waals surface area contributed by atoms with Crippen LogP contribution in [0.15, 0.2) is 0 Å². The van der Waals surface area contributed by atoms with Gasteiger partial charge in [0.2, 0.25) is 11.8 Å². The van der Waals surface area contributed by atoms with Crippen molar-refractivity contribution in [3.05, 3.63) is 0 Å². The maximum absolute atomic E-state index is 11.7. The topological polar surface area (TPSA) is 109 Å². The molecule has 0 aliphatic heterocycles. The molecule has 0 saturated heterocycles. The standard InChI is InChI=1S/C11H18N2O4/c12-9(14)4-5-13-10(15)7-2-1-3-8(6-7)11(16)17/h7-8H,1-6H2,(H2,12,14)(H,13,15)(H,16,17). The molecule has 1 saturated carbocycles. The summed E-state index contributed by atoms with van der Waals surface area (Å²) < 4.78 is 0. The second-order valence-corrected chi connectivity index (χ2v) is 4.41. The number of hydrogen-bond acceptors (Lipinski definition) is 3. The molecule has 2 unspecified atom stereocenters. The summed E-state index contributed by atoms with van der Waals surface area (Å²) >= 11 is 0. The Bertz CT molecular complexity index is 317. The Hall–Kier alpha value is -1.59. The Balaban J connectivity index is 2.35. The van der Waals surface area contributed by atoms with Crippen molar-refractivity contribution in [2.75, 3.05) is 6.54 Å². The number of amides is 2. The van der Waals surface area contributed by atoms with Crippen LogP contribution in [0.5, 0.6) is 0 Å². The van der Waals surface area contributed by atoms with E-state index in [4.69, 9.17) is 10.8 Å². The smallest absolute Gasteiger partial charge is 0.306 e. The van der Waals surface area contributed by atoms with E-state index in [2.05, 4.69) is 5.32 Å². The molecule has 1 aliphatic rings. The molecule has 0 aromatic carbocycles. The zero-order valence-electron chi connectivity index (χ0n) is 9.65. The molecule has 0 aromatic heterocycles. The lowest BCUT2D eigenvalue weighted by Crippen LogP contribution is -2.36. The van der Waals surface area contributed by atoms with Crippen LogP contribution in [-0.4, -0.2) is 29.4 Å². The number of nitrogens with two attached hydrogens (primary N) is 1. The van der Waals surface area contributed by atoms with E-state index >= 15 is 0 Å². The Morgan fingerprint density at radius 3 is 2.47 bits per heavy atom. The first-order valence-electron chi connectivity index (χ1n) is 5.79. The highest BCUT2D eigenvalue weighted by molar-refractivity contribution is 5.81. The molecule has 1 rings (SSSR count). The molecule has 0 bridgehead atoms. The minimum atomic E-state index is -0.834. The highest BCUT2D eigenvalue weighted by atomic mass is 16.4. The van der Waals surface area contributed by atoms with E-state index in [1.807, 2.05) is 0 Å². The lowest BCUT2D eigenvalue weighted by Gasteiger charge is -2.25. The summed E-state index contributed by atoms with van der Waals surface area (Å²) in [4.78, 5) is 33.0. The molecule has 0 heterocycles. The van der Waals surface area contributed by atoms with Crippen LogP contribution >= 0.6 is 0 Å². The van der Waals surface area contributed by atoms with E-state index in [-0.39, 0.29) is 24.8 Å². The van der Waals surface area contributed by atoms with Gasteiger partial charge >= 0.3 is 5.97 Å². The predicted molar refractivity (Wildman–Crippen MR) is 59.9 cm³/mol. The molecule has 17 heavy (non-hydrogen) atoms. The van der Waals surface area contributed by atoms with Gasteiger partial charge in [0.1, 0.15) is 0 Å². The molecular formula is C11H18N2O4. The van der Waals surface area contributed by atoms with Crippen molar-refractivity contribution in [3.63, 3.8) is 0 Å². The van der Waals surface area contributed by atoms with Gasteiger partial charge in [0.25, 0.3) is 0 Å². The molecule has 4 N–H and O–H groups in total. The van der Waals surface area contributed by atoms with Crippen LogP contribution in [0.2, 0.25) is 0 Å². The molecule has 1 fully saturated rings. The quantitative estimate of drug-likeness (QED) is 0.623. The van der Waals surface area contributed by atoms with Crippen LogP contribution in [0, 0.1) is 11.8 Å². The van der Waals surface area contributed by atoms with E-state index in [0.717, 1.165) is 6.42 Å². The highest BCUT2D eigenvalue weighted by Crippen LogP contribution is 2.29. The van der Waals surface area contributed by atoms with E-state index in [0.29, 0.717) is 19.3 Å². The number of aliphatic carboxylic acids is 1. The number of carboxylic acids is 1. The van der Waals surface area contributed by atoms with Crippen LogP contribution in [0.4, 0.5) is 0 Å². The summed E-state index contributed by atoms with van der Waals surface area (Å²) in [5, 5.41) is 11.5. The maximum Gasteiger partial charge on any atom is 0.306 e. The molecular weight excluding hydrogens is 224 g/mol. The molecule has 6 heteroatoms. The second kappa shape index (κ2) is 6.22. The van der Waals surface area contributed by atoms with Crippen LogP contribution in [-0.2, 0) is 14.4 Å². The van der Waals surface area contributed by atoms with Gasteiger partial charge in [-0.2, -0.15) is 0 Å². The number of nitrogens with one attached hydrogen (secondary N) is 1. The Morgan fingerprint density at radius 2 is 1.88 bits per heavy atom. The van der Waals surface area contributed by atoms with E-state index in [9.17, 15) is 14.4 Å². The van der Waals surface area contributed by atoms with Gasteiger partial charge in [0.05, 0.1) is 5.92 Å². The van der Waals surface area contributed by atoms with Crippen molar-refractivity contribution in [3.8, 4) is 0 Å². The fourth-order valence-corrected chi connectivity index (χ4v) is 2.11. The van der Waals surface area contributed by atoms with E-state index in [1.165, 1.54) is 0 Å². The van der Waals surface area contributed by atoms with E-state index < -0.39 is 17.8 Å². The lowest BCUT2D eigenvalue weighted by atomic mass is 9.81. The summed E-state index contributed by atoms with van der Waals surface area (Å²) in [6.45, 7) is 0.225. The summed E-state index contributed by atoms with van der Waals surface area (Å²) in [5.74, 6) is -2.14. The van der Waals surface area contributed by atoms with Gasteiger partial charge in [-0.05, 0) is 19.3 Å². The third-order valence-electron chi connectivity index (χ3n) is 3.06. The fraction of sp³-hybridized carbons (Fsp3) is 0.727. The van der Waals surface area contributed by atoms with Crippen molar-refractivity contribution < 1.29 is 19.5 Å². The highest BCUT2D eigenvalue weighted by Gasteiger charge is 2.30. The van der Waals surface area contributed by atoms with E-state index in [1.54, 1.807) is 0 Å². The van der Waals surface area contributed by atoms with Crippen molar-refractivity contribution in [1.82, 2.24) is 5.32 Å². The zero-order chi connectivity index (χ0) is 12.8. The Kier molecular flexibility index (Phi) is 4.93. The number of carbonyl (C=O) groups is 3. The van der Waals surface area contributed by atoms with Gasteiger partial charge < -0.3 is 16.2 Å². The summed E-state index contributed by atoms with van der Waals surface area (Å²) in [6.07, 6.45) is 2.61. The van der Waals surface area contributed by atoms with Crippen molar-refractivity contribution in [1.29, 1.82) is 0 Å². The SMILES string of the molecule is NC(=O)CCNC(=O)C1CCCC(C(=O)O)C1. The number of primary amides is 1. The third-order valence-corrected chi connectivity index (χ3v) is 3.06. The lowest BCUT2D eigenvalue weighted by molar-refractivity contribution is -0.144. The number of rotatable bonds is 5. The van der Waals surface area contributed by atoms with Crippen LogP contribution in [0.3, 0.4) is 0 Å². The van der Waals surface area contributed by atoms with Crippen molar-refractivity contribution in [2.45, 2.75) is 32.1 Å². The van der Waals surface area contributed by atoms with Gasteiger partial charge in [-0.1, -0.05) is 6.42 Å². The Morgan fingerprint density at radius 1 is 1.24 bits per heavy atom. The zero-order valence-corrected chi connectivity index (χ0v) is 9.65. The van der Waals surface area contributed by atoms with Gasteiger partial charge in [0.15, 0.2) is 0 Å². The normalized spacial score (nSPS) is 24.0. The van der Waals surface area contributed by atoms with Gasteiger partial charge in [-0.25, -0.2) is 0 Å². The summed E-state index contributed by atoms with van der Waals surface area (Å²) in [6, 6.07) is 0. The second-order valence-electron chi connectivity index (χ2n) is 4.41. The fourth-order valence-electron chi connectivity index (χ4n) is 2.11. The molecule has 6 nitrogen and oxygen atoms in total. The number of carbonyl (C=O) groups excluding carboxylic acids is 2. The summed E-state index contributed by atoms with van der Waals surface area (Å²) in [7, 11) is 0. The number of hydrogen-bond donors (Lipinski definition) is 3. The minimum absolute atomic E-state index is 0.112. The van der Waals surface area contributed by atoms with Gasteiger partial charge in [-0.3, -0.25) is 14.4 Å². The van der Waals surface area contributed by atoms with Crippen molar-refractivity contribution in [2.24, 2.45) is 17.6 Å². The average molecular weight is 242 g/mol. The third kappa shape index (κ3) is 4.42. The predicted octanol–water partition coefficient (Wildman–Crippen LogP) is -0.131. The average Bonchev–Trinajstić information content (AvgIpc) is 2.28. The molecule has 2 atom stereocenters. The molecule has 96 valence electrons. The van der Waals surface area contributed by atoms with Crippen molar-refractivity contribution >= 4 is 17.8 Å². The van der Waals surface area contributed by atoms with Crippen LogP contribution < -0.4 is 11.1 Å². The monoisotopic (exact) mass is 242 g/mol. The molecule has 1 aliphatic carbocycles. The first kappa shape index (κ1) is 13.5. The molecule has 0 aromatic rings. The first-order valence-corrected chi connectivity index (χ1v) is 5.79. The number of carboxylic acid groups (broad SMARTS) is 1. The summed E-state index contributed by atoms with van der Waals surface area (Å²) in [5.41, 5.74) is 4.95. The first-order chi connectivity index (χ1) is 8.00.